The molecule has 1 unspecified atom stereocenters. The molecule has 32 heavy (non-hydrogen) atoms. The molecule has 4 rings (SSSR count). The van der Waals surface area contributed by atoms with Gasteiger partial charge in [0.2, 0.25) is 5.91 Å². The van der Waals surface area contributed by atoms with Gasteiger partial charge >= 0.3 is 0 Å². The molecule has 0 saturated carbocycles. The summed E-state index contributed by atoms with van der Waals surface area (Å²) < 4.78 is 5.18. The van der Waals surface area contributed by atoms with Crippen LogP contribution in [0, 0.1) is 6.92 Å². The van der Waals surface area contributed by atoms with Gasteiger partial charge in [-0.15, -0.1) is 0 Å². The Morgan fingerprint density at radius 2 is 1.62 bits per heavy atom. The van der Waals surface area contributed by atoms with Crippen LogP contribution in [0.1, 0.15) is 38.5 Å². The Morgan fingerprint density at radius 1 is 0.938 bits per heavy atom. The van der Waals surface area contributed by atoms with Crippen molar-refractivity contribution < 1.29 is 19.2 Å². The van der Waals surface area contributed by atoms with E-state index in [1.54, 1.807) is 37.4 Å². The molecule has 0 bridgehead atoms. The fraction of sp³-hybridized carbons (Fsp3) is 0.192. The zero-order chi connectivity index (χ0) is 22.5. The maximum absolute atomic E-state index is 13.3. The molecule has 0 aromatic heterocycles. The predicted octanol–water partition coefficient (Wildman–Crippen LogP) is 4.47. The molecular formula is C26H24N2O4. The van der Waals surface area contributed by atoms with E-state index in [9.17, 15) is 9.59 Å². The third-order valence-corrected chi connectivity index (χ3v) is 5.44. The first-order chi connectivity index (χ1) is 15.6. The third-order valence-electron chi connectivity index (χ3n) is 5.44. The number of hydrogen-bond acceptors (Lipinski definition) is 5. The predicted molar refractivity (Wildman–Crippen MR) is 122 cm³/mol. The van der Waals surface area contributed by atoms with Crippen molar-refractivity contribution in [2.24, 2.45) is 5.16 Å². The van der Waals surface area contributed by atoms with Crippen molar-refractivity contribution in [2.75, 3.05) is 7.11 Å². The van der Waals surface area contributed by atoms with Gasteiger partial charge in [-0.05, 0) is 41.8 Å². The van der Waals surface area contributed by atoms with E-state index in [4.69, 9.17) is 9.57 Å². The lowest BCUT2D eigenvalue weighted by Crippen LogP contribution is -2.44. The summed E-state index contributed by atoms with van der Waals surface area (Å²) in [6, 6.07) is 22.4. The van der Waals surface area contributed by atoms with Crippen molar-refractivity contribution in [1.82, 2.24) is 4.90 Å². The Bertz CT molecular complexity index is 1140. The summed E-state index contributed by atoms with van der Waals surface area (Å²) in [7, 11) is 1.59. The highest BCUT2D eigenvalue weighted by Gasteiger charge is 2.37. The van der Waals surface area contributed by atoms with E-state index in [1.807, 2.05) is 49.4 Å². The molecule has 6 nitrogen and oxygen atoms in total. The number of rotatable bonds is 7. The second-order valence-corrected chi connectivity index (χ2v) is 7.66. The number of aryl methyl sites for hydroxylation is 1. The number of benzene rings is 3. The van der Waals surface area contributed by atoms with Crippen LogP contribution in [-0.4, -0.2) is 30.0 Å². The van der Waals surface area contributed by atoms with Crippen molar-refractivity contribution in [1.29, 1.82) is 0 Å². The second-order valence-electron chi connectivity index (χ2n) is 7.66. The van der Waals surface area contributed by atoms with E-state index in [2.05, 4.69) is 5.16 Å². The normalized spacial score (nSPS) is 15.7. The Balaban J connectivity index is 1.53. The quantitative estimate of drug-likeness (QED) is 0.316. The summed E-state index contributed by atoms with van der Waals surface area (Å²) in [6.07, 6.45) is 1.48. The Kier molecular flexibility index (Phi) is 6.31. The monoisotopic (exact) mass is 428 g/mol. The van der Waals surface area contributed by atoms with Crippen LogP contribution in [0.25, 0.3) is 0 Å². The van der Waals surface area contributed by atoms with Crippen LogP contribution in [0.3, 0.4) is 0 Å². The summed E-state index contributed by atoms with van der Waals surface area (Å²) in [5.41, 5.74) is 4.12. The molecule has 0 aliphatic carbocycles. The standard InChI is InChI=1S/C26H24N2O4/c1-18-7-9-20(10-8-18)17-32-27-15-24-22-5-3-4-6-23(22)25(29)28(26(24)30)16-19-11-13-21(31-2)14-12-19/h3-15,24H,16-17H2,1-2H3/b27-15+. The van der Waals surface area contributed by atoms with Gasteiger partial charge in [-0.1, -0.05) is 65.3 Å². The smallest absolute Gasteiger partial charge is 0.261 e. The van der Waals surface area contributed by atoms with Crippen LogP contribution in [0.4, 0.5) is 0 Å². The first kappa shape index (κ1) is 21.3. The van der Waals surface area contributed by atoms with E-state index >= 15 is 0 Å². The summed E-state index contributed by atoms with van der Waals surface area (Å²) in [5.74, 6) is -0.620. The molecule has 1 aliphatic heterocycles. The molecule has 162 valence electrons. The van der Waals surface area contributed by atoms with Gasteiger partial charge in [-0.2, -0.15) is 0 Å². The minimum Gasteiger partial charge on any atom is -0.497 e. The summed E-state index contributed by atoms with van der Waals surface area (Å²) >= 11 is 0. The van der Waals surface area contributed by atoms with Crippen LogP contribution in [0.2, 0.25) is 0 Å². The molecule has 0 spiro atoms. The van der Waals surface area contributed by atoms with Crippen LogP contribution >= 0.6 is 0 Å². The number of nitrogens with zero attached hydrogens (tertiary/aromatic N) is 2. The minimum absolute atomic E-state index is 0.171. The zero-order valence-corrected chi connectivity index (χ0v) is 18.0. The number of methoxy groups -OCH3 is 1. The highest BCUT2D eigenvalue weighted by Crippen LogP contribution is 2.29. The highest BCUT2D eigenvalue weighted by molar-refractivity contribution is 6.16. The van der Waals surface area contributed by atoms with Gasteiger partial charge in [-0.3, -0.25) is 14.5 Å². The first-order valence-electron chi connectivity index (χ1n) is 10.4. The van der Waals surface area contributed by atoms with Crippen molar-refractivity contribution in [2.45, 2.75) is 26.0 Å². The molecule has 2 amide bonds. The molecule has 3 aromatic carbocycles. The van der Waals surface area contributed by atoms with E-state index in [1.165, 1.54) is 16.7 Å². The van der Waals surface area contributed by atoms with E-state index in [0.29, 0.717) is 23.5 Å². The van der Waals surface area contributed by atoms with Crippen molar-refractivity contribution in [3.05, 3.63) is 101 Å². The third kappa shape index (κ3) is 4.54. The molecule has 1 aliphatic rings. The lowest BCUT2D eigenvalue weighted by molar-refractivity contribution is -0.129. The second kappa shape index (κ2) is 9.47. The molecule has 0 N–H and O–H groups in total. The Morgan fingerprint density at radius 3 is 2.34 bits per heavy atom. The molecule has 6 heteroatoms. The van der Waals surface area contributed by atoms with Gasteiger partial charge in [0.1, 0.15) is 18.3 Å². The Labute approximate surface area is 187 Å². The van der Waals surface area contributed by atoms with Gasteiger partial charge < -0.3 is 9.57 Å². The molecule has 0 saturated heterocycles. The summed E-state index contributed by atoms with van der Waals surface area (Å²) in [4.78, 5) is 33.0. The van der Waals surface area contributed by atoms with Crippen LogP contribution in [0.15, 0.2) is 78.0 Å². The maximum atomic E-state index is 13.3. The fourth-order valence-electron chi connectivity index (χ4n) is 3.62. The number of fused-ring (bicyclic) bond motifs is 1. The Hall–Kier alpha value is -3.93. The lowest BCUT2D eigenvalue weighted by atomic mass is 9.89. The van der Waals surface area contributed by atoms with Crippen LogP contribution in [0.5, 0.6) is 5.75 Å². The van der Waals surface area contributed by atoms with Crippen LogP contribution in [-0.2, 0) is 22.8 Å². The number of oxime groups is 1. The van der Waals surface area contributed by atoms with Crippen molar-refractivity contribution in [3.8, 4) is 5.75 Å². The average molecular weight is 428 g/mol. The number of hydrogen-bond donors (Lipinski definition) is 0. The van der Waals surface area contributed by atoms with Gasteiger partial charge in [0.15, 0.2) is 0 Å². The van der Waals surface area contributed by atoms with Gasteiger partial charge in [-0.25, -0.2) is 0 Å². The van der Waals surface area contributed by atoms with Crippen LogP contribution < -0.4 is 4.74 Å². The van der Waals surface area contributed by atoms with Gasteiger partial charge in [0.05, 0.1) is 19.9 Å². The van der Waals surface area contributed by atoms with E-state index in [-0.39, 0.29) is 18.4 Å². The first-order valence-corrected chi connectivity index (χ1v) is 10.4. The van der Waals surface area contributed by atoms with Crippen molar-refractivity contribution in [3.63, 3.8) is 0 Å². The SMILES string of the molecule is COc1ccc(CN2C(=O)c3ccccc3C(/C=N/OCc3ccc(C)cc3)C2=O)cc1. The topological polar surface area (TPSA) is 68.2 Å². The number of imide groups is 1. The number of ether oxygens (including phenoxy) is 1. The summed E-state index contributed by atoms with van der Waals surface area (Å²) in [5, 5.41) is 4.05. The number of carbonyl (C=O) groups excluding carboxylic acids is 2. The van der Waals surface area contributed by atoms with E-state index < -0.39 is 5.92 Å². The maximum Gasteiger partial charge on any atom is 0.261 e. The molecule has 1 atom stereocenters. The molecule has 3 aromatic rings. The highest BCUT2D eigenvalue weighted by atomic mass is 16.6. The van der Waals surface area contributed by atoms with E-state index in [0.717, 1.165) is 11.1 Å². The zero-order valence-electron chi connectivity index (χ0n) is 18.0. The number of carbonyl (C=O) groups is 2. The largest absolute Gasteiger partial charge is 0.497 e. The minimum atomic E-state index is -0.694. The molecular weight excluding hydrogens is 404 g/mol. The fourth-order valence-corrected chi connectivity index (χ4v) is 3.62. The molecule has 1 heterocycles. The van der Waals surface area contributed by atoms with Crippen molar-refractivity contribution >= 4 is 18.0 Å². The number of amides is 2. The molecule has 0 fully saturated rings. The molecule has 0 radical (unpaired) electrons. The van der Waals surface area contributed by atoms with Gasteiger partial charge in [0, 0.05) is 5.56 Å². The lowest BCUT2D eigenvalue weighted by Gasteiger charge is -2.30. The van der Waals surface area contributed by atoms with Gasteiger partial charge in [0.25, 0.3) is 5.91 Å². The summed E-state index contributed by atoms with van der Waals surface area (Å²) in [6.45, 7) is 2.49. The average Bonchev–Trinajstić information content (AvgIpc) is 2.83.